The van der Waals surface area contributed by atoms with Gasteiger partial charge < -0.3 is 5.32 Å². The Morgan fingerprint density at radius 1 is 1.12 bits per heavy atom. The molecular weight excluding hydrogens is 359 g/mol. The summed E-state index contributed by atoms with van der Waals surface area (Å²) < 4.78 is 67.3. The van der Waals surface area contributed by atoms with Crippen molar-refractivity contribution in [2.24, 2.45) is 0 Å². The largest absolute Gasteiger partial charge is 0.453 e. The second-order valence-electron chi connectivity index (χ2n) is 6.10. The molecule has 1 aromatic carbocycles. The Balaban J connectivity index is 1.94. The van der Waals surface area contributed by atoms with E-state index in [0.717, 1.165) is 16.8 Å². The molecule has 1 aliphatic carbocycles. The van der Waals surface area contributed by atoms with Crippen LogP contribution in [0.15, 0.2) is 29.5 Å². The van der Waals surface area contributed by atoms with E-state index < -0.39 is 29.7 Å². The molecule has 2 heterocycles. The van der Waals surface area contributed by atoms with Crippen LogP contribution in [0, 0.1) is 11.6 Å². The average molecular weight is 370 g/mol. The molecule has 0 bridgehead atoms. The maximum absolute atomic E-state index is 13.7. The Morgan fingerprint density at radius 3 is 2.46 bits per heavy atom. The number of ketones is 1. The van der Waals surface area contributed by atoms with Crippen molar-refractivity contribution in [3.8, 4) is 0 Å². The van der Waals surface area contributed by atoms with Gasteiger partial charge >= 0.3 is 6.18 Å². The second-order valence-corrected chi connectivity index (χ2v) is 6.10. The summed E-state index contributed by atoms with van der Waals surface area (Å²) >= 11 is 0. The van der Waals surface area contributed by atoms with E-state index in [9.17, 15) is 26.7 Å². The fourth-order valence-corrected chi connectivity index (χ4v) is 3.32. The predicted octanol–water partition coefficient (Wildman–Crippen LogP) is 3.60. The van der Waals surface area contributed by atoms with Crippen LogP contribution in [0.1, 0.15) is 36.7 Å². The molecule has 1 N–H and O–H groups in total. The highest BCUT2D eigenvalue weighted by Gasteiger charge is 2.42. The van der Waals surface area contributed by atoms with Gasteiger partial charge in [-0.25, -0.2) is 13.5 Å². The molecule has 10 heteroatoms. The summed E-state index contributed by atoms with van der Waals surface area (Å²) in [6, 6.07) is 1.42. The first-order valence-electron chi connectivity index (χ1n) is 7.77. The second kappa shape index (κ2) is 5.61. The molecule has 2 aromatic rings. The Labute approximate surface area is 143 Å². The van der Waals surface area contributed by atoms with E-state index in [1.54, 1.807) is 0 Å². The van der Waals surface area contributed by atoms with Crippen molar-refractivity contribution < 1.29 is 26.7 Å². The first-order chi connectivity index (χ1) is 12.2. The van der Waals surface area contributed by atoms with Crippen LogP contribution in [0.4, 0.5) is 27.9 Å². The number of fused-ring (bicyclic) bond motifs is 1. The van der Waals surface area contributed by atoms with Crippen molar-refractivity contribution in [3.05, 3.63) is 52.5 Å². The minimum atomic E-state index is -4.80. The summed E-state index contributed by atoms with van der Waals surface area (Å²) in [7, 11) is 0. The van der Waals surface area contributed by atoms with Crippen LogP contribution < -0.4 is 5.32 Å². The van der Waals surface area contributed by atoms with E-state index in [2.05, 4.69) is 15.4 Å². The molecular formula is C16H11F5N4O. The van der Waals surface area contributed by atoms with Gasteiger partial charge in [-0.05, 0) is 30.5 Å². The first kappa shape index (κ1) is 16.7. The molecule has 0 fully saturated rings. The van der Waals surface area contributed by atoms with Crippen LogP contribution in [-0.2, 0) is 11.0 Å². The number of halogens is 5. The van der Waals surface area contributed by atoms with Crippen molar-refractivity contribution in [1.29, 1.82) is 0 Å². The lowest BCUT2D eigenvalue weighted by Gasteiger charge is -2.32. The molecule has 0 spiro atoms. The van der Waals surface area contributed by atoms with Crippen LogP contribution in [0.5, 0.6) is 0 Å². The average Bonchev–Trinajstić information content (AvgIpc) is 2.96. The fraction of sp³-hybridized carbons (Fsp3) is 0.312. The van der Waals surface area contributed by atoms with E-state index in [1.807, 2.05) is 0 Å². The van der Waals surface area contributed by atoms with Crippen LogP contribution in [0.2, 0.25) is 0 Å². The quantitative estimate of drug-likeness (QED) is 0.780. The van der Waals surface area contributed by atoms with Crippen molar-refractivity contribution in [2.45, 2.75) is 31.5 Å². The lowest BCUT2D eigenvalue weighted by atomic mass is 9.85. The normalized spacial score (nSPS) is 19.9. The van der Waals surface area contributed by atoms with Gasteiger partial charge in [0.1, 0.15) is 17.7 Å². The van der Waals surface area contributed by atoms with E-state index in [0.29, 0.717) is 24.6 Å². The zero-order chi connectivity index (χ0) is 18.6. The zero-order valence-electron chi connectivity index (χ0n) is 13.1. The monoisotopic (exact) mass is 370 g/mol. The van der Waals surface area contributed by atoms with Crippen LogP contribution in [0.25, 0.3) is 0 Å². The number of carbonyl (C=O) groups excluding carboxylic acids is 1. The number of rotatable bonds is 1. The summed E-state index contributed by atoms with van der Waals surface area (Å²) in [6.45, 7) is 0. The minimum absolute atomic E-state index is 0.00776. The van der Waals surface area contributed by atoms with Gasteiger partial charge in [0.15, 0.2) is 5.78 Å². The summed E-state index contributed by atoms with van der Waals surface area (Å²) in [5.41, 5.74) is 0.559. The molecule has 1 aliphatic heterocycles. The Kier molecular flexibility index (Phi) is 3.60. The van der Waals surface area contributed by atoms with Crippen molar-refractivity contribution >= 4 is 11.7 Å². The maximum atomic E-state index is 13.7. The first-order valence-corrected chi connectivity index (χ1v) is 7.77. The van der Waals surface area contributed by atoms with Crippen molar-refractivity contribution in [3.63, 3.8) is 0 Å². The standard InChI is InChI=1S/C16H11F5N4O/c17-8-4-7(5-9(18)6-8)13-12-10(2-1-3-11(12)26)22-15-23-14(16(19,20)21)24-25(13)15/h4-6,13H,1-3H2,(H,22,23,24)/t13-/m1/s1. The molecule has 2 aliphatic rings. The van der Waals surface area contributed by atoms with E-state index in [-0.39, 0.29) is 29.3 Å². The number of allylic oxidation sites excluding steroid dienone is 2. The van der Waals surface area contributed by atoms with Crippen molar-refractivity contribution in [1.82, 2.24) is 14.8 Å². The molecule has 0 radical (unpaired) electrons. The highest BCUT2D eigenvalue weighted by atomic mass is 19.4. The predicted molar refractivity (Wildman–Crippen MR) is 79.0 cm³/mol. The van der Waals surface area contributed by atoms with Gasteiger partial charge in [0.05, 0.1) is 0 Å². The Hall–Kier alpha value is -2.78. The van der Waals surface area contributed by atoms with Crippen LogP contribution >= 0.6 is 0 Å². The molecule has 26 heavy (non-hydrogen) atoms. The summed E-state index contributed by atoms with van der Waals surface area (Å²) in [6.07, 6.45) is -3.65. The SMILES string of the molecule is O=C1CCCC2=C1[C@@H](c1cc(F)cc(F)c1)n1nc(C(F)(F)F)nc1N2. The van der Waals surface area contributed by atoms with Crippen LogP contribution in [0.3, 0.4) is 0 Å². The summed E-state index contributed by atoms with van der Waals surface area (Å²) in [4.78, 5) is 15.9. The van der Waals surface area contributed by atoms with Gasteiger partial charge in [-0.15, -0.1) is 5.10 Å². The number of anilines is 1. The number of carbonyl (C=O) groups is 1. The molecule has 0 amide bonds. The molecule has 136 valence electrons. The van der Waals surface area contributed by atoms with Gasteiger partial charge in [0.25, 0.3) is 5.82 Å². The Bertz CT molecular complexity index is 926. The molecule has 0 saturated heterocycles. The fourth-order valence-electron chi connectivity index (χ4n) is 3.32. The molecule has 1 aromatic heterocycles. The van der Waals surface area contributed by atoms with Gasteiger partial charge in [-0.2, -0.15) is 18.2 Å². The third-order valence-corrected chi connectivity index (χ3v) is 4.32. The van der Waals surface area contributed by atoms with E-state index in [1.165, 1.54) is 0 Å². The molecule has 5 nitrogen and oxygen atoms in total. The van der Waals surface area contributed by atoms with Gasteiger partial charge in [0.2, 0.25) is 5.95 Å². The number of alkyl halides is 3. The highest BCUT2D eigenvalue weighted by molar-refractivity contribution is 5.99. The number of hydrogen-bond acceptors (Lipinski definition) is 4. The smallest absolute Gasteiger partial charge is 0.328 e. The molecule has 0 saturated carbocycles. The van der Waals surface area contributed by atoms with E-state index >= 15 is 0 Å². The topological polar surface area (TPSA) is 59.8 Å². The molecule has 0 unspecified atom stereocenters. The van der Waals surface area contributed by atoms with Gasteiger partial charge in [-0.1, -0.05) is 0 Å². The lowest BCUT2D eigenvalue weighted by molar-refractivity contribution is -0.145. The Morgan fingerprint density at radius 2 is 1.81 bits per heavy atom. The van der Waals surface area contributed by atoms with Crippen LogP contribution in [-0.4, -0.2) is 20.5 Å². The number of benzene rings is 1. The third-order valence-electron chi connectivity index (χ3n) is 4.32. The third kappa shape index (κ3) is 2.65. The van der Waals surface area contributed by atoms with Crippen molar-refractivity contribution in [2.75, 3.05) is 5.32 Å². The zero-order valence-corrected chi connectivity index (χ0v) is 13.1. The van der Waals surface area contributed by atoms with E-state index in [4.69, 9.17) is 0 Å². The number of nitrogens with zero attached hydrogens (tertiary/aromatic N) is 3. The summed E-state index contributed by atoms with van der Waals surface area (Å²) in [5, 5.41) is 6.16. The number of hydrogen-bond donors (Lipinski definition) is 1. The highest BCUT2D eigenvalue weighted by Crippen LogP contribution is 2.41. The molecule has 4 rings (SSSR count). The number of nitrogens with one attached hydrogen (secondary N) is 1. The van der Waals surface area contributed by atoms with Gasteiger partial charge in [-0.3, -0.25) is 4.79 Å². The number of aromatic nitrogens is 3. The summed E-state index contributed by atoms with van der Waals surface area (Å²) in [5.74, 6) is -3.72. The lowest BCUT2D eigenvalue weighted by Crippen LogP contribution is -2.31. The molecule has 1 atom stereocenters. The number of Topliss-reactive ketones (excluding diaryl/α,β-unsaturated/α-hetero) is 1. The van der Waals surface area contributed by atoms with Gasteiger partial charge in [0, 0.05) is 23.8 Å². The maximum Gasteiger partial charge on any atom is 0.453 e. The minimum Gasteiger partial charge on any atom is -0.328 e.